The van der Waals surface area contributed by atoms with E-state index in [0.29, 0.717) is 18.7 Å². The number of nitrogens with one attached hydrogen (secondary N) is 1. The van der Waals surface area contributed by atoms with Crippen LogP contribution in [0.15, 0.2) is 77.7 Å². The van der Waals surface area contributed by atoms with Crippen LogP contribution in [-0.2, 0) is 10.0 Å². The Morgan fingerprint density at radius 2 is 1.56 bits per heavy atom. The van der Waals surface area contributed by atoms with Crippen LogP contribution in [0.3, 0.4) is 0 Å². The number of carbonyl (C=O) groups is 2. The van der Waals surface area contributed by atoms with Crippen molar-refractivity contribution in [3.05, 3.63) is 83.9 Å². The largest absolute Gasteiger partial charge is 0.478 e. The summed E-state index contributed by atoms with van der Waals surface area (Å²) in [6.07, 6.45) is 0. The number of nitrogens with zero attached hydrogens (tertiary/aromatic N) is 1. The molecule has 7 nitrogen and oxygen atoms in total. The number of anilines is 1. The van der Waals surface area contributed by atoms with Crippen molar-refractivity contribution in [3.63, 3.8) is 0 Å². The summed E-state index contributed by atoms with van der Waals surface area (Å²) < 4.78 is 26.8. The van der Waals surface area contributed by atoms with Crippen molar-refractivity contribution < 1.29 is 23.1 Å². The lowest BCUT2D eigenvalue weighted by Gasteiger charge is -2.18. The number of carboxylic acid groups (broad SMARTS) is 1. The Morgan fingerprint density at radius 1 is 0.875 bits per heavy atom. The zero-order valence-corrected chi connectivity index (χ0v) is 18.6. The fourth-order valence-corrected chi connectivity index (χ4v) is 4.85. The molecule has 0 spiro atoms. The molecule has 0 saturated heterocycles. The Balaban J connectivity index is 1.92. The van der Waals surface area contributed by atoms with Gasteiger partial charge in [-0.05, 0) is 41.5 Å². The second-order valence-electron chi connectivity index (χ2n) is 7.00. The van der Waals surface area contributed by atoms with Gasteiger partial charge in [0.15, 0.2) is 0 Å². The Labute approximate surface area is 187 Å². The van der Waals surface area contributed by atoms with E-state index < -0.39 is 21.9 Å². The molecule has 0 unspecified atom stereocenters. The van der Waals surface area contributed by atoms with Crippen LogP contribution in [0.25, 0.3) is 11.1 Å². The van der Waals surface area contributed by atoms with E-state index in [4.69, 9.17) is 0 Å². The van der Waals surface area contributed by atoms with Crippen LogP contribution in [0.1, 0.15) is 34.6 Å². The fourth-order valence-electron chi connectivity index (χ4n) is 3.35. The Bertz CT molecular complexity index is 1240. The van der Waals surface area contributed by atoms with Gasteiger partial charge >= 0.3 is 5.97 Å². The molecular weight excluding hydrogens is 428 g/mol. The number of carbonyl (C=O) groups excluding carboxylic acids is 1. The first-order valence-corrected chi connectivity index (χ1v) is 11.6. The molecule has 0 aromatic heterocycles. The van der Waals surface area contributed by atoms with E-state index in [1.54, 1.807) is 19.9 Å². The van der Waals surface area contributed by atoms with Crippen molar-refractivity contribution >= 4 is 27.6 Å². The number of hydrogen-bond acceptors (Lipinski definition) is 4. The van der Waals surface area contributed by atoms with Crippen LogP contribution < -0.4 is 5.32 Å². The molecule has 0 aliphatic heterocycles. The highest BCUT2D eigenvalue weighted by Crippen LogP contribution is 2.26. The summed E-state index contributed by atoms with van der Waals surface area (Å²) in [5.74, 6) is -1.78. The first-order valence-electron chi connectivity index (χ1n) is 10.1. The maximum absolute atomic E-state index is 12.8. The molecule has 3 aromatic carbocycles. The molecule has 0 aliphatic carbocycles. The van der Waals surface area contributed by atoms with Gasteiger partial charge in [0.1, 0.15) is 0 Å². The number of amides is 1. The third-order valence-corrected chi connectivity index (χ3v) is 7.09. The van der Waals surface area contributed by atoms with E-state index in [-0.39, 0.29) is 21.7 Å². The Morgan fingerprint density at radius 3 is 2.19 bits per heavy atom. The zero-order valence-electron chi connectivity index (χ0n) is 17.8. The van der Waals surface area contributed by atoms with Gasteiger partial charge in [-0.1, -0.05) is 56.3 Å². The van der Waals surface area contributed by atoms with E-state index in [2.05, 4.69) is 5.32 Å². The second kappa shape index (κ2) is 9.76. The number of rotatable bonds is 8. The van der Waals surface area contributed by atoms with Crippen molar-refractivity contribution in [1.29, 1.82) is 0 Å². The molecule has 32 heavy (non-hydrogen) atoms. The molecule has 166 valence electrons. The highest BCUT2D eigenvalue weighted by Gasteiger charge is 2.23. The number of carboxylic acids is 1. The molecule has 0 bridgehead atoms. The summed E-state index contributed by atoms with van der Waals surface area (Å²) in [6.45, 7) is 4.10. The molecular formula is C24H24N2O5S. The average Bonchev–Trinajstić information content (AvgIpc) is 2.80. The maximum atomic E-state index is 12.8. The molecule has 3 aromatic rings. The van der Waals surface area contributed by atoms with Gasteiger partial charge in [0, 0.05) is 18.7 Å². The standard InChI is InChI=1S/C24H24N2O5S/c1-3-26(4-2)32(30,31)20-12-8-11-19(15-20)23(27)25-22-14-13-18(16-21(22)24(28)29)17-9-6-5-7-10-17/h5-16H,3-4H2,1-2H3,(H,25,27)(H,28,29). The summed E-state index contributed by atoms with van der Waals surface area (Å²) in [5.41, 5.74) is 1.73. The highest BCUT2D eigenvalue weighted by molar-refractivity contribution is 7.89. The van der Waals surface area contributed by atoms with E-state index >= 15 is 0 Å². The number of benzene rings is 3. The van der Waals surface area contributed by atoms with Gasteiger partial charge in [-0.15, -0.1) is 0 Å². The van der Waals surface area contributed by atoms with Gasteiger partial charge in [0.05, 0.1) is 16.1 Å². The first kappa shape index (κ1) is 23.2. The van der Waals surface area contributed by atoms with Crippen LogP contribution >= 0.6 is 0 Å². The normalized spacial score (nSPS) is 11.3. The second-order valence-corrected chi connectivity index (χ2v) is 8.94. The van der Waals surface area contributed by atoms with E-state index in [1.807, 2.05) is 30.3 Å². The first-order chi connectivity index (χ1) is 15.3. The minimum absolute atomic E-state index is 0.00623. The van der Waals surface area contributed by atoms with Gasteiger partial charge in [-0.2, -0.15) is 4.31 Å². The predicted octanol–water partition coefficient (Wildman–Crippen LogP) is 4.33. The third kappa shape index (κ3) is 4.87. The molecule has 0 heterocycles. The minimum Gasteiger partial charge on any atom is -0.478 e. The van der Waals surface area contributed by atoms with Crippen molar-refractivity contribution in [3.8, 4) is 11.1 Å². The van der Waals surface area contributed by atoms with Gasteiger partial charge in [0.2, 0.25) is 10.0 Å². The molecule has 0 saturated carbocycles. The van der Waals surface area contributed by atoms with Crippen LogP contribution in [0.4, 0.5) is 5.69 Å². The molecule has 2 N–H and O–H groups in total. The Hall–Kier alpha value is -3.49. The molecule has 0 aliphatic rings. The molecule has 8 heteroatoms. The smallest absolute Gasteiger partial charge is 0.337 e. The molecule has 0 atom stereocenters. The number of sulfonamides is 1. The van der Waals surface area contributed by atoms with Gasteiger partial charge in [-0.25, -0.2) is 13.2 Å². The summed E-state index contributed by atoms with van der Waals surface area (Å²) in [7, 11) is -3.73. The zero-order chi connectivity index (χ0) is 23.3. The van der Waals surface area contributed by atoms with Crippen molar-refractivity contribution in [1.82, 2.24) is 4.31 Å². The van der Waals surface area contributed by atoms with E-state index in [1.165, 1.54) is 40.7 Å². The van der Waals surface area contributed by atoms with Crippen molar-refractivity contribution in [2.24, 2.45) is 0 Å². The summed E-state index contributed by atoms with van der Waals surface area (Å²) in [6, 6.07) is 19.7. The predicted molar refractivity (Wildman–Crippen MR) is 123 cm³/mol. The minimum atomic E-state index is -3.73. The summed E-state index contributed by atoms with van der Waals surface area (Å²) in [5, 5.41) is 12.2. The lowest BCUT2D eigenvalue weighted by Crippen LogP contribution is -2.30. The SMILES string of the molecule is CCN(CC)S(=O)(=O)c1cccc(C(=O)Nc2ccc(-c3ccccc3)cc2C(=O)O)c1. The van der Waals surface area contributed by atoms with Gasteiger partial charge < -0.3 is 10.4 Å². The summed E-state index contributed by atoms with van der Waals surface area (Å²) >= 11 is 0. The van der Waals surface area contributed by atoms with Crippen molar-refractivity contribution in [2.75, 3.05) is 18.4 Å². The quantitative estimate of drug-likeness (QED) is 0.529. The molecule has 0 fully saturated rings. The fraction of sp³-hybridized carbons (Fsp3) is 0.167. The Kier molecular flexibility index (Phi) is 7.07. The van der Waals surface area contributed by atoms with E-state index in [9.17, 15) is 23.1 Å². The lowest BCUT2D eigenvalue weighted by molar-refractivity contribution is 0.0698. The maximum Gasteiger partial charge on any atom is 0.337 e. The van der Waals surface area contributed by atoms with E-state index in [0.717, 1.165) is 5.56 Å². The van der Waals surface area contributed by atoms with Crippen LogP contribution in [0, 0.1) is 0 Å². The van der Waals surface area contributed by atoms with Crippen LogP contribution in [0.5, 0.6) is 0 Å². The van der Waals surface area contributed by atoms with Crippen LogP contribution in [0.2, 0.25) is 0 Å². The molecule has 1 amide bonds. The topological polar surface area (TPSA) is 104 Å². The van der Waals surface area contributed by atoms with Crippen LogP contribution in [-0.4, -0.2) is 42.8 Å². The summed E-state index contributed by atoms with van der Waals surface area (Å²) in [4.78, 5) is 24.6. The molecule has 0 radical (unpaired) electrons. The third-order valence-electron chi connectivity index (χ3n) is 5.04. The number of hydrogen-bond donors (Lipinski definition) is 2. The van der Waals surface area contributed by atoms with Crippen molar-refractivity contribution in [2.45, 2.75) is 18.7 Å². The monoisotopic (exact) mass is 452 g/mol. The van der Waals surface area contributed by atoms with Gasteiger partial charge in [-0.3, -0.25) is 4.79 Å². The average molecular weight is 453 g/mol. The van der Waals surface area contributed by atoms with Gasteiger partial charge in [0.25, 0.3) is 5.91 Å². The lowest BCUT2D eigenvalue weighted by atomic mass is 10.0. The molecule has 3 rings (SSSR count). The highest BCUT2D eigenvalue weighted by atomic mass is 32.2. The number of aromatic carboxylic acids is 1.